The molecule has 0 spiro atoms. The van der Waals surface area contributed by atoms with Crippen molar-refractivity contribution in [3.8, 4) is 0 Å². The van der Waals surface area contributed by atoms with Crippen molar-refractivity contribution >= 4 is 28.8 Å². The second-order valence-electron chi connectivity index (χ2n) is 3.83. The van der Waals surface area contributed by atoms with Crippen molar-refractivity contribution < 1.29 is 4.79 Å². The molecule has 0 radical (unpaired) electrons. The average Bonchev–Trinajstić information content (AvgIpc) is 2.71. The summed E-state index contributed by atoms with van der Waals surface area (Å²) in [5.74, 6) is 0.138. The highest BCUT2D eigenvalue weighted by molar-refractivity contribution is 7.16. The zero-order valence-corrected chi connectivity index (χ0v) is 10.0. The number of hydrogen-bond donors (Lipinski definition) is 1. The van der Waals surface area contributed by atoms with Crippen LogP contribution in [0.15, 0.2) is 12.1 Å². The molecule has 2 heterocycles. The molecule has 15 heavy (non-hydrogen) atoms. The fraction of sp³-hybridized carbons (Fsp3) is 0.500. The molecule has 2 unspecified atom stereocenters. The first-order chi connectivity index (χ1) is 7.08. The molecule has 0 aromatic carbocycles. The van der Waals surface area contributed by atoms with Crippen molar-refractivity contribution in [2.75, 3.05) is 6.54 Å². The zero-order chi connectivity index (χ0) is 11.0. The molecule has 1 fully saturated rings. The van der Waals surface area contributed by atoms with E-state index in [-0.39, 0.29) is 18.0 Å². The molecule has 1 aromatic rings. The van der Waals surface area contributed by atoms with Crippen LogP contribution in [0, 0.1) is 0 Å². The quantitative estimate of drug-likeness (QED) is 0.865. The van der Waals surface area contributed by atoms with Gasteiger partial charge in [0.05, 0.1) is 10.4 Å². The van der Waals surface area contributed by atoms with Gasteiger partial charge in [-0.15, -0.1) is 11.3 Å². The lowest BCUT2D eigenvalue weighted by Gasteiger charge is -2.23. The van der Waals surface area contributed by atoms with E-state index in [1.165, 1.54) is 11.3 Å². The number of likely N-dealkylation sites (tertiary alicyclic amines) is 1. The number of hydrogen-bond acceptors (Lipinski definition) is 3. The van der Waals surface area contributed by atoms with Crippen LogP contribution in [-0.4, -0.2) is 23.4 Å². The van der Waals surface area contributed by atoms with E-state index in [1.807, 2.05) is 24.0 Å². The van der Waals surface area contributed by atoms with E-state index in [2.05, 4.69) is 0 Å². The van der Waals surface area contributed by atoms with Gasteiger partial charge in [-0.3, -0.25) is 4.79 Å². The fourth-order valence-electron chi connectivity index (χ4n) is 1.84. The van der Waals surface area contributed by atoms with Gasteiger partial charge < -0.3 is 10.6 Å². The predicted octanol–water partition coefficient (Wildman–Crippen LogP) is 2.02. The number of nitrogens with zero attached hydrogens (tertiary/aromatic N) is 1. The van der Waals surface area contributed by atoms with Gasteiger partial charge in [-0.1, -0.05) is 11.6 Å². The molecule has 1 aliphatic rings. The maximum atomic E-state index is 11.6. The molecule has 1 saturated heterocycles. The second-order valence-corrected chi connectivity index (χ2v) is 5.57. The standard InChI is InChI=1S/C10H13ClN2OS/c1-6(8-2-3-9(11)15-8)13-5-7(12)4-10(13)14/h2-3,6-7H,4-5,12H2,1H3. The van der Waals surface area contributed by atoms with Crippen LogP contribution in [0.4, 0.5) is 0 Å². The molecule has 2 atom stereocenters. The van der Waals surface area contributed by atoms with Gasteiger partial charge in [0.2, 0.25) is 5.91 Å². The first kappa shape index (κ1) is 10.9. The van der Waals surface area contributed by atoms with Crippen LogP contribution in [-0.2, 0) is 4.79 Å². The molecule has 82 valence electrons. The number of halogens is 1. The Hall–Kier alpha value is -0.580. The molecule has 3 nitrogen and oxygen atoms in total. The molecular formula is C10H13ClN2OS. The van der Waals surface area contributed by atoms with Crippen molar-refractivity contribution in [1.82, 2.24) is 4.90 Å². The topological polar surface area (TPSA) is 46.3 Å². The van der Waals surface area contributed by atoms with E-state index >= 15 is 0 Å². The normalized spacial score (nSPS) is 23.5. The van der Waals surface area contributed by atoms with Gasteiger partial charge in [0.25, 0.3) is 0 Å². The SMILES string of the molecule is CC(c1ccc(Cl)s1)N1CC(N)CC1=O. The Balaban J connectivity index is 2.14. The Kier molecular flexibility index (Phi) is 3.00. The van der Waals surface area contributed by atoms with Gasteiger partial charge in [0.1, 0.15) is 0 Å². The van der Waals surface area contributed by atoms with Crippen molar-refractivity contribution in [3.63, 3.8) is 0 Å². The van der Waals surface area contributed by atoms with Crippen molar-refractivity contribution in [2.45, 2.75) is 25.4 Å². The van der Waals surface area contributed by atoms with E-state index < -0.39 is 0 Å². The van der Waals surface area contributed by atoms with Gasteiger partial charge in [-0.05, 0) is 19.1 Å². The molecule has 0 bridgehead atoms. The van der Waals surface area contributed by atoms with E-state index in [9.17, 15) is 4.79 Å². The summed E-state index contributed by atoms with van der Waals surface area (Å²) in [6.07, 6.45) is 0.462. The van der Waals surface area contributed by atoms with Gasteiger partial charge >= 0.3 is 0 Å². The summed E-state index contributed by atoms with van der Waals surface area (Å²) in [5, 5.41) is 0. The highest BCUT2D eigenvalue weighted by atomic mass is 35.5. The summed E-state index contributed by atoms with van der Waals surface area (Å²) in [6.45, 7) is 2.66. The van der Waals surface area contributed by atoms with Crippen molar-refractivity contribution in [2.24, 2.45) is 5.73 Å². The average molecular weight is 245 g/mol. The summed E-state index contributed by atoms with van der Waals surface area (Å²) in [5.41, 5.74) is 5.75. The van der Waals surface area contributed by atoms with Crippen LogP contribution in [0.5, 0.6) is 0 Å². The van der Waals surface area contributed by atoms with Gasteiger partial charge in [-0.25, -0.2) is 0 Å². The molecule has 0 aliphatic carbocycles. The number of thiophene rings is 1. The van der Waals surface area contributed by atoms with Gasteiger partial charge in [-0.2, -0.15) is 0 Å². The Morgan fingerprint density at radius 1 is 1.67 bits per heavy atom. The predicted molar refractivity (Wildman–Crippen MR) is 62.0 cm³/mol. The summed E-state index contributed by atoms with van der Waals surface area (Å²) in [7, 11) is 0. The number of rotatable bonds is 2. The van der Waals surface area contributed by atoms with Crippen LogP contribution in [0.25, 0.3) is 0 Å². The Morgan fingerprint density at radius 3 is 2.87 bits per heavy atom. The monoisotopic (exact) mass is 244 g/mol. The molecule has 2 N–H and O–H groups in total. The first-order valence-corrected chi connectivity index (χ1v) is 6.07. The summed E-state index contributed by atoms with van der Waals surface area (Å²) >= 11 is 7.38. The van der Waals surface area contributed by atoms with E-state index in [4.69, 9.17) is 17.3 Å². The Bertz CT molecular complexity index is 379. The third-order valence-corrected chi connectivity index (χ3v) is 4.06. The van der Waals surface area contributed by atoms with Crippen molar-refractivity contribution in [3.05, 3.63) is 21.3 Å². The van der Waals surface area contributed by atoms with Gasteiger partial charge in [0.15, 0.2) is 0 Å². The second kappa shape index (κ2) is 4.12. The van der Waals surface area contributed by atoms with Crippen LogP contribution in [0.1, 0.15) is 24.3 Å². The van der Waals surface area contributed by atoms with Crippen LogP contribution in [0.2, 0.25) is 4.34 Å². The minimum absolute atomic E-state index is 0.0182. The van der Waals surface area contributed by atoms with E-state index in [0.29, 0.717) is 13.0 Å². The van der Waals surface area contributed by atoms with Crippen LogP contribution >= 0.6 is 22.9 Å². The molecule has 1 aliphatic heterocycles. The molecular weight excluding hydrogens is 232 g/mol. The van der Waals surface area contributed by atoms with E-state index in [0.717, 1.165) is 9.21 Å². The highest BCUT2D eigenvalue weighted by Gasteiger charge is 2.31. The number of carbonyl (C=O) groups is 1. The zero-order valence-electron chi connectivity index (χ0n) is 8.44. The third-order valence-electron chi connectivity index (χ3n) is 2.66. The summed E-state index contributed by atoms with van der Waals surface area (Å²) < 4.78 is 0.757. The van der Waals surface area contributed by atoms with Crippen LogP contribution in [0.3, 0.4) is 0 Å². The maximum Gasteiger partial charge on any atom is 0.224 e. The third kappa shape index (κ3) is 2.17. The molecule has 0 saturated carbocycles. The van der Waals surface area contributed by atoms with Crippen molar-refractivity contribution in [1.29, 1.82) is 0 Å². The summed E-state index contributed by atoms with van der Waals surface area (Å²) in [4.78, 5) is 14.6. The smallest absolute Gasteiger partial charge is 0.224 e. The largest absolute Gasteiger partial charge is 0.334 e. The minimum Gasteiger partial charge on any atom is -0.334 e. The van der Waals surface area contributed by atoms with E-state index in [1.54, 1.807) is 0 Å². The fourth-order valence-corrected chi connectivity index (χ4v) is 2.97. The van der Waals surface area contributed by atoms with Gasteiger partial charge in [0, 0.05) is 23.9 Å². The lowest BCUT2D eigenvalue weighted by Crippen LogP contribution is -2.30. The van der Waals surface area contributed by atoms with Crippen LogP contribution < -0.4 is 5.73 Å². The molecule has 2 rings (SSSR count). The summed E-state index contributed by atoms with van der Waals surface area (Å²) in [6, 6.07) is 3.90. The number of carbonyl (C=O) groups excluding carboxylic acids is 1. The number of amides is 1. The first-order valence-electron chi connectivity index (χ1n) is 4.88. The molecule has 1 amide bonds. The Morgan fingerprint density at radius 2 is 2.40 bits per heavy atom. The molecule has 1 aromatic heterocycles. The Labute approximate surface area is 97.8 Å². The lowest BCUT2D eigenvalue weighted by atomic mass is 10.2. The lowest BCUT2D eigenvalue weighted by molar-refractivity contribution is -0.129. The minimum atomic E-state index is -0.0182. The maximum absolute atomic E-state index is 11.6. The molecule has 5 heteroatoms. The number of nitrogens with two attached hydrogens (primary N) is 1. The highest BCUT2D eigenvalue weighted by Crippen LogP contribution is 2.32.